The second-order valence-corrected chi connectivity index (χ2v) is 7.83. The average molecular weight is 404 g/mol. The van der Waals surface area contributed by atoms with Crippen molar-refractivity contribution in [2.75, 3.05) is 11.5 Å². The van der Waals surface area contributed by atoms with Gasteiger partial charge in [-0.2, -0.15) is 0 Å². The van der Waals surface area contributed by atoms with Crippen molar-refractivity contribution in [2.24, 2.45) is 0 Å². The van der Waals surface area contributed by atoms with Gasteiger partial charge in [-0.25, -0.2) is 4.98 Å². The minimum atomic E-state index is -0.158. The Hall–Kier alpha value is -3.25. The molecule has 2 aromatic heterocycles. The van der Waals surface area contributed by atoms with E-state index in [2.05, 4.69) is 16.0 Å². The van der Waals surface area contributed by atoms with Crippen LogP contribution < -0.4 is 9.64 Å². The van der Waals surface area contributed by atoms with Crippen molar-refractivity contribution in [1.29, 1.82) is 0 Å². The summed E-state index contributed by atoms with van der Waals surface area (Å²) in [5.74, 6) is 0.549. The lowest BCUT2D eigenvalue weighted by molar-refractivity contribution is -0.120. The molecule has 0 fully saturated rings. The molecule has 0 spiro atoms. The van der Waals surface area contributed by atoms with E-state index in [-0.39, 0.29) is 12.5 Å². The van der Waals surface area contributed by atoms with Crippen molar-refractivity contribution in [3.63, 3.8) is 0 Å². The Bertz CT molecular complexity index is 1140. The highest BCUT2D eigenvalue weighted by atomic mass is 32.1. The summed E-state index contributed by atoms with van der Waals surface area (Å²) in [4.78, 5) is 23.8. The minimum Gasteiger partial charge on any atom is -0.483 e. The molecule has 4 aromatic rings. The molecule has 0 atom stereocenters. The highest BCUT2D eigenvalue weighted by Crippen LogP contribution is 2.30. The van der Waals surface area contributed by atoms with Gasteiger partial charge in [-0.15, -0.1) is 0 Å². The lowest BCUT2D eigenvalue weighted by atomic mass is 10.2. The van der Waals surface area contributed by atoms with Gasteiger partial charge in [0.15, 0.2) is 11.7 Å². The first-order valence-corrected chi connectivity index (χ1v) is 10.2. The molecule has 0 N–H and O–H groups in total. The number of hydrogen-bond donors (Lipinski definition) is 0. The molecule has 0 aliphatic carbocycles. The van der Waals surface area contributed by atoms with Gasteiger partial charge in [0.25, 0.3) is 5.91 Å². The van der Waals surface area contributed by atoms with E-state index in [4.69, 9.17) is 4.74 Å². The number of amides is 1. The Morgan fingerprint density at radius 2 is 1.90 bits per heavy atom. The zero-order chi connectivity index (χ0) is 20.2. The van der Waals surface area contributed by atoms with Crippen LogP contribution >= 0.6 is 11.3 Å². The van der Waals surface area contributed by atoms with Crippen molar-refractivity contribution >= 4 is 32.6 Å². The molecular weight excluding hydrogens is 382 g/mol. The number of carbonyl (C=O) groups is 1. The third-order valence-electron chi connectivity index (χ3n) is 4.56. The van der Waals surface area contributed by atoms with Gasteiger partial charge in [0.2, 0.25) is 0 Å². The number of fused-ring (bicyclic) bond motifs is 1. The Morgan fingerprint density at radius 1 is 1.07 bits per heavy atom. The van der Waals surface area contributed by atoms with Crippen LogP contribution in [0.5, 0.6) is 5.75 Å². The van der Waals surface area contributed by atoms with Gasteiger partial charge >= 0.3 is 0 Å². The number of hydrogen-bond acceptors (Lipinski definition) is 5. The fourth-order valence-corrected chi connectivity index (χ4v) is 4.07. The number of aromatic nitrogens is 2. The van der Waals surface area contributed by atoms with E-state index >= 15 is 0 Å². The fraction of sp³-hybridized carbons (Fsp3) is 0.174. The lowest BCUT2D eigenvalue weighted by Crippen LogP contribution is -2.34. The molecule has 1 amide bonds. The van der Waals surface area contributed by atoms with Crippen molar-refractivity contribution < 1.29 is 9.53 Å². The van der Waals surface area contributed by atoms with Crippen molar-refractivity contribution in [3.8, 4) is 5.75 Å². The predicted octanol–water partition coefficient (Wildman–Crippen LogP) is 4.92. The van der Waals surface area contributed by atoms with Gasteiger partial charge in [-0.1, -0.05) is 41.7 Å². The summed E-state index contributed by atoms with van der Waals surface area (Å²) >= 11 is 1.50. The maximum absolute atomic E-state index is 13.1. The number of thiazole rings is 1. The van der Waals surface area contributed by atoms with E-state index in [1.165, 1.54) is 11.3 Å². The molecule has 29 heavy (non-hydrogen) atoms. The molecule has 0 bridgehead atoms. The van der Waals surface area contributed by atoms with Crippen LogP contribution in [-0.2, 0) is 11.3 Å². The monoisotopic (exact) mass is 403 g/mol. The van der Waals surface area contributed by atoms with Crippen LogP contribution in [0.4, 0.5) is 5.13 Å². The molecule has 0 unspecified atom stereocenters. The molecule has 6 heteroatoms. The number of aryl methyl sites for hydroxylation is 2. The van der Waals surface area contributed by atoms with E-state index in [1.54, 1.807) is 11.1 Å². The number of nitrogens with zero attached hydrogens (tertiary/aromatic N) is 3. The van der Waals surface area contributed by atoms with Crippen molar-refractivity contribution in [1.82, 2.24) is 9.97 Å². The number of pyridine rings is 1. The summed E-state index contributed by atoms with van der Waals surface area (Å²) in [5, 5.41) is 0.648. The Labute approximate surface area is 173 Å². The molecule has 0 aliphatic rings. The number of benzene rings is 2. The van der Waals surface area contributed by atoms with E-state index in [1.807, 2.05) is 68.4 Å². The highest BCUT2D eigenvalue weighted by Gasteiger charge is 2.21. The molecule has 0 saturated heterocycles. The van der Waals surface area contributed by atoms with Crippen molar-refractivity contribution in [3.05, 3.63) is 83.7 Å². The first-order valence-electron chi connectivity index (χ1n) is 9.36. The summed E-state index contributed by atoms with van der Waals surface area (Å²) < 4.78 is 6.85. The second-order valence-electron chi connectivity index (χ2n) is 6.82. The zero-order valence-corrected chi connectivity index (χ0v) is 17.1. The van der Waals surface area contributed by atoms with E-state index in [0.29, 0.717) is 17.4 Å². The number of para-hydroxylation sites is 1. The second kappa shape index (κ2) is 8.41. The first kappa shape index (κ1) is 19.1. The lowest BCUT2D eigenvalue weighted by Gasteiger charge is -2.20. The normalized spacial score (nSPS) is 10.8. The van der Waals surface area contributed by atoms with Crippen LogP contribution in [0, 0.1) is 13.8 Å². The zero-order valence-electron chi connectivity index (χ0n) is 16.3. The molecular formula is C23H21N3O2S. The summed E-state index contributed by atoms with van der Waals surface area (Å²) in [6, 6.07) is 19.4. The SMILES string of the molecule is Cc1ccc2nc(N(Cc3ccccn3)C(=O)COc3ccccc3C)sc2c1. The number of carbonyl (C=O) groups excluding carboxylic acids is 1. The molecule has 2 aromatic carbocycles. The Kier molecular flexibility index (Phi) is 5.53. The van der Waals surface area contributed by atoms with Crippen LogP contribution in [0.25, 0.3) is 10.2 Å². The quantitative estimate of drug-likeness (QED) is 0.458. The van der Waals surface area contributed by atoms with Crippen LogP contribution in [0.1, 0.15) is 16.8 Å². The van der Waals surface area contributed by atoms with Gasteiger partial charge in [0.1, 0.15) is 5.75 Å². The van der Waals surface area contributed by atoms with Gasteiger partial charge in [-0.3, -0.25) is 14.7 Å². The highest BCUT2D eigenvalue weighted by molar-refractivity contribution is 7.22. The average Bonchev–Trinajstić information content (AvgIpc) is 3.14. The van der Waals surface area contributed by atoms with Gasteiger partial charge in [-0.05, 0) is 55.3 Å². The standard InChI is InChI=1S/C23H21N3O2S/c1-16-10-11-19-21(13-16)29-23(25-19)26(14-18-8-5-6-12-24-18)22(27)15-28-20-9-4-3-7-17(20)2/h3-13H,14-15H2,1-2H3. The Morgan fingerprint density at radius 3 is 2.69 bits per heavy atom. The molecule has 2 heterocycles. The molecule has 0 saturated carbocycles. The maximum Gasteiger partial charge on any atom is 0.267 e. The third kappa shape index (κ3) is 4.43. The molecule has 0 radical (unpaired) electrons. The molecule has 5 nitrogen and oxygen atoms in total. The molecule has 0 aliphatic heterocycles. The number of rotatable bonds is 6. The topological polar surface area (TPSA) is 55.3 Å². The van der Waals surface area contributed by atoms with E-state index in [9.17, 15) is 4.79 Å². The van der Waals surface area contributed by atoms with Crippen LogP contribution in [0.3, 0.4) is 0 Å². The van der Waals surface area contributed by atoms with E-state index < -0.39 is 0 Å². The summed E-state index contributed by atoms with van der Waals surface area (Å²) in [5.41, 5.74) is 3.84. The van der Waals surface area contributed by atoms with Crippen LogP contribution in [-0.4, -0.2) is 22.5 Å². The summed E-state index contributed by atoms with van der Waals surface area (Å²) in [6.07, 6.45) is 1.73. The van der Waals surface area contributed by atoms with Gasteiger partial charge in [0.05, 0.1) is 22.5 Å². The smallest absolute Gasteiger partial charge is 0.267 e. The largest absolute Gasteiger partial charge is 0.483 e. The van der Waals surface area contributed by atoms with Gasteiger partial charge in [0, 0.05) is 6.20 Å². The summed E-state index contributed by atoms with van der Waals surface area (Å²) in [6.45, 7) is 4.29. The first-order chi connectivity index (χ1) is 14.1. The third-order valence-corrected chi connectivity index (χ3v) is 5.60. The van der Waals surface area contributed by atoms with E-state index in [0.717, 1.165) is 27.0 Å². The fourth-order valence-electron chi connectivity index (χ4n) is 2.99. The summed E-state index contributed by atoms with van der Waals surface area (Å²) in [7, 11) is 0. The van der Waals surface area contributed by atoms with Crippen LogP contribution in [0.2, 0.25) is 0 Å². The maximum atomic E-state index is 13.1. The van der Waals surface area contributed by atoms with Crippen LogP contribution in [0.15, 0.2) is 66.9 Å². The van der Waals surface area contributed by atoms with Gasteiger partial charge < -0.3 is 4.74 Å². The molecule has 4 rings (SSSR count). The van der Waals surface area contributed by atoms with Crippen molar-refractivity contribution in [2.45, 2.75) is 20.4 Å². The number of ether oxygens (including phenoxy) is 1. The number of anilines is 1. The minimum absolute atomic E-state index is 0.0629. The predicted molar refractivity (Wildman–Crippen MR) is 116 cm³/mol. The Balaban J connectivity index is 1.61. The molecule has 146 valence electrons.